The van der Waals surface area contributed by atoms with Crippen LogP contribution in [0.15, 0.2) is 77.6 Å². The van der Waals surface area contributed by atoms with E-state index in [1.54, 1.807) is 11.3 Å². The van der Waals surface area contributed by atoms with Gasteiger partial charge >= 0.3 is 0 Å². The topological polar surface area (TPSA) is 39.3 Å². The summed E-state index contributed by atoms with van der Waals surface area (Å²) in [6, 6.07) is 20.7. The van der Waals surface area contributed by atoms with Crippen molar-refractivity contribution in [2.45, 2.75) is 18.9 Å². The molecular weight excluding hydrogens is 402 g/mol. The number of fused-ring (bicyclic) bond motifs is 1. The van der Waals surface area contributed by atoms with Gasteiger partial charge in [-0.15, -0.1) is 0 Å². The van der Waals surface area contributed by atoms with Crippen molar-refractivity contribution in [1.29, 1.82) is 0 Å². The van der Waals surface area contributed by atoms with E-state index in [0.29, 0.717) is 19.5 Å². The van der Waals surface area contributed by atoms with Crippen molar-refractivity contribution in [2.24, 2.45) is 0 Å². The van der Waals surface area contributed by atoms with Gasteiger partial charge in [0.15, 0.2) is 0 Å². The second kappa shape index (κ2) is 9.94. The highest BCUT2D eigenvalue weighted by Gasteiger charge is 2.25. The molecule has 4 nitrogen and oxygen atoms in total. The molecule has 4 rings (SSSR count). The first kappa shape index (κ1) is 21.3. The average molecular weight is 432 g/mol. The Balaban J connectivity index is 1.61. The number of hydrogen-bond donors (Lipinski definition) is 1. The summed E-state index contributed by atoms with van der Waals surface area (Å²) in [7, 11) is 4.09. The number of nitrogens with one attached hydrogen (secondary N) is 1. The van der Waals surface area contributed by atoms with Crippen LogP contribution >= 0.6 is 11.3 Å². The van der Waals surface area contributed by atoms with Gasteiger partial charge in [-0.1, -0.05) is 48.5 Å². The molecule has 5 heteroatoms. The molecular formula is C26H29N3OS. The van der Waals surface area contributed by atoms with Gasteiger partial charge in [0.05, 0.1) is 0 Å². The summed E-state index contributed by atoms with van der Waals surface area (Å²) in [6.07, 6.45) is 2.53. The zero-order chi connectivity index (χ0) is 21.6. The van der Waals surface area contributed by atoms with Crippen LogP contribution in [0, 0.1) is 0 Å². The van der Waals surface area contributed by atoms with Gasteiger partial charge in [-0.2, -0.15) is 11.3 Å². The maximum atomic E-state index is 13.6. The number of H-pyrrole nitrogens is 1. The molecule has 4 aromatic rings. The Morgan fingerprint density at radius 2 is 1.77 bits per heavy atom. The zero-order valence-electron chi connectivity index (χ0n) is 18.1. The predicted octanol–water partition coefficient (Wildman–Crippen LogP) is 5.34. The molecule has 0 aliphatic carbocycles. The lowest BCUT2D eigenvalue weighted by Gasteiger charge is -2.27. The van der Waals surface area contributed by atoms with E-state index in [-0.39, 0.29) is 11.8 Å². The van der Waals surface area contributed by atoms with Crippen LogP contribution < -0.4 is 0 Å². The zero-order valence-corrected chi connectivity index (χ0v) is 18.9. The molecule has 0 saturated heterocycles. The fourth-order valence-electron chi connectivity index (χ4n) is 3.98. The summed E-state index contributed by atoms with van der Waals surface area (Å²) in [5, 5.41) is 5.45. The standard InChI is InChI=1S/C26H29N3OS/c1-28(2)13-14-29(18-20-8-4-3-5-9-20)26(30)16-23(21-12-15-31-19-21)24-17-27-25-11-7-6-10-22(24)25/h3-12,15,17,19,23,27H,13-14,16,18H2,1-2H3. The predicted molar refractivity (Wildman–Crippen MR) is 129 cm³/mol. The molecule has 2 heterocycles. The lowest BCUT2D eigenvalue weighted by Crippen LogP contribution is -2.37. The van der Waals surface area contributed by atoms with Gasteiger partial charge in [0.2, 0.25) is 5.91 Å². The average Bonchev–Trinajstić information content (AvgIpc) is 3.46. The third-order valence-electron chi connectivity index (χ3n) is 5.71. The monoisotopic (exact) mass is 431 g/mol. The van der Waals surface area contributed by atoms with Crippen molar-refractivity contribution in [1.82, 2.24) is 14.8 Å². The number of aromatic amines is 1. The van der Waals surface area contributed by atoms with Gasteiger partial charge in [0, 0.05) is 49.1 Å². The molecule has 0 aliphatic rings. The van der Waals surface area contributed by atoms with E-state index >= 15 is 0 Å². The Labute approximate surface area is 188 Å². The highest BCUT2D eigenvalue weighted by molar-refractivity contribution is 7.08. The highest BCUT2D eigenvalue weighted by atomic mass is 32.1. The number of amides is 1. The second-order valence-electron chi connectivity index (χ2n) is 8.21. The van der Waals surface area contributed by atoms with Crippen molar-refractivity contribution in [3.8, 4) is 0 Å². The molecule has 31 heavy (non-hydrogen) atoms. The molecule has 1 unspecified atom stereocenters. The number of hydrogen-bond acceptors (Lipinski definition) is 3. The van der Waals surface area contributed by atoms with Crippen LogP contribution in [0.25, 0.3) is 10.9 Å². The van der Waals surface area contributed by atoms with Gasteiger partial charge in [0.1, 0.15) is 0 Å². The largest absolute Gasteiger partial charge is 0.361 e. The van der Waals surface area contributed by atoms with Crippen LogP contribution in [-0.2, 0) is 11.3 Å². The van der Waals surface area contributed by atoms with Gasteiger partial charge in [0.25, 0.3) is 0 Å². The van der Waals surface area contributed by atoms with Crippen molar-refractivity contribution in [3.05, 3.63) is 94.3 Å². The summed E-state index contributed by atoms with van der Waals surface area (Å²) in [6.45, 7) is 2.19. The molecule has 0 fully saturated rings. The molecule has 160 valence electrons. The number of likely N-dealkylation sites (N-methyl/N-ethyl adjacent to an activating group) is 1. The number of benzene rings is 2. The quantitative estimate of drug-likeness (QED) is 0.388. The number of carbonyl (C=O) groups is 1. The SMILES string of the molecule is CN(C)CCN(Cc1ccccc1)C(=O)CC(c1ccsc1)c1c[nH]c2ccccc12. The van der Waals surface area contributed by atoms with Crippen molar-refractivity contribution < 1.29 is 4.79 Å². The minimum absolute atomic E-state index is 0.0347. The number of nitrogens with zero attached hydrogens (tertiary/aromatic N) is 2. The molecule has 0 saturated carbocycles. The lowest BCUT2D eigenvalue weighted by atomic mass is 9.89. The number of para-hydroxylation sites is 1. The Hall–Kier alpha value is -2.89. The Morgan fingerprint density at radius 1 is 1.00 bits per heavy atom. The van der Waals surface area contributed by atoms with Crippen LogP contribution in [0.5, 0.6) is 0 Å². The maximum Gasteiger partial charge on any atom is 0.223 e. The van der Waals surface area contributed by atoms with E-state index in [1.807, 2.05) is 43.3 Å². The van der Waals surface area contributed by atoms with Crippen LogP contribution in [-0.4, -0.2) is 47.9 Å². The Kier molecular flexibility index (Phi) is 6.85. The smallest absolute Gasteiger partial charge is 0.223 e. The Morgan fingerprint density at radius 3 is 2.52 bits per heavy atom. The first-order valence-electron chi connectivity index (χ1n) is 10.7. The molecule has 2 aromatic heterocycles. The van der Waals surface area contributed by atoms with Crippen molar-refractivity contribution >= 4 is 28.1 Å². The first-order valence-corrected chi connectivity index (χ1v) is 11.6. The first-order chi connectivity index (χ1) is 15.1. The van der Waals surface area contributed by atoms with Crippen molar-refractivity contribution in [3.63, 3.8) is 0 Å². The van der Waals surface area contributed by atoms with E-state index in [1.165, 1.54) is 16.5 Å². The molecule has 1 atom stereocenters. The van der Waals surface area contributed by atoms with E-state index in [2.05, 4.69) is 63.2 Å². The van der Waals surface area contributed by atoms with Crippen LogP contribution in [0.2, 0.25) is 0 Å². The summed E-state index contributed by atoms with van der Waals surface area (Å²) in [4.78, 5) is 21.1. The fraction of sp³-hybridized carbons (Fsp3) is 0.269. The summed E-state index contributed by atoms with van der Waals surface area (Å²) >= 11 is 1.68. The summed E-state index contributed by atoms with van der Waals surface area (Å²) in [5.41, 5.74) is 4.66. The Bertz CT molecular complexity index is 1100. The van der Waals surface area contributed by atoms with E-state index in [0.717, 1.165) is 17.6 Å². The van der Waals surface area contributed by atoms with E-state index in [9.17, 15) is 4.79 Å². The van der Waals surface area contributed by atoms with Gasteiger partial charge in [-0.05, 0) is 53.7 Å². The molecule has 0 bridgehead atoms. The summed E-state index contributed by atoms with van der Waals surface area (Å²) < 4.78 is 0. The normalized spacial score (nSPS) is 12.4. The van der Waals surface area contributed by atoms with E-state index in [4.69, 9.17) is 0 Å². The lowest BCUT2D eigenvalue weighted by molar-refractivity contribution is -0.132. The molecule has 1 N–H and O–H groups in total. The second-order valence-corrected chi connectivity index (χ2v) is 8.99. The molecule has 0 spiro atoms. The van der Waals surface area contributed by atoms with Crippen molar-refractivity contribution in [2.75, 3.05) is 27.2 Å². The molecule has 0 aliphatic heterocycles. The van der Waals surface area contributed by atoms with Gasteiger partial charge in [-0.3, -0.25) is 4.79 Å². The molecule has 0 radical (unpaired) electrons. The number of carbonyl (C=O) groups excluding carboxylic acids is 1. The summed E-state index contributed by atoms with van der Waals surface area (Å²) in [5.74, 6) is 0.222. The van der Waals surface area contributed by atoms with Crippen LogP contribution in [0.1, 0.15) is 29.0 Å². The minimum Gasteiger partial charge on any atom is -0.361 e. The van der Waals surface area contributed by atoms with Gasteiger partial charge < -0.3 is 14.8 Å². The molecule has 2 aromatic carbocycles. The number of rotatable bonds is 9. The van der Waals surface area contributed by atoms with E-state index < -0.39 is 0 Å². The minimum atomic E-state index is 0.0347. The van der Waals surface area contributed by atoms with Gasteiger partial charge in [-0.25, -0.2) is 0 Å². The van der Waals surface area contributed by atoms with Crippen LogP contribution in [0.4, 0.5) is 0 Å². The maximum absolute atomic E-state index is 13.6. The number of thiophene rings is 1. The third kappa shape index (κ3) is 5.24. The number of aromatic nitrogens is 1. The van der Waals surface area contributed by atoms with Crippen LogP contribution in [0.3, 0.4) is 0 Å². The fourth-order valence-corrected chi connectivity index (χ4v) is 4.70. The third-order valence-corrected chi connectivity index (χ3v) is 6.41. The molecule has 1 amide bonds. The highest BCUT2D eigenvalue weighted by Crippen LogP contribution is 2.35.